The van der Waals surface area contributed by atoms with Crippen molar-refractivity contribution >= 4 is 0 Å². The van der Waals surface area contributed by atoms with E-state index < -0.39 is 6.10 Å². The number of hydrazine groups is 1. The molecule has 0 saturated carbocycles. The minimum absolute atomic E-state index is 0.243. The van der Waals surface area contributed by atoms with Gasteiger partial charge in [0.05, 0.1) is 17.6 Å². The summed E-state index contributed by atoms with van der Waals surface area (Å²) in [5.74, 6) is 0. The summed E-state index contributed by atoms with van der Waals surface area (Å²) in [5, 5.41) is 24.4. The molecular weight excluding hydrogens is 162 g/mol. The van der Waals surface area contributed by atoms with Gasteiger partial charge in [-0.1, -0.05) is 0 Å². The smallest absolute Gasteiger partial charge is 0.232 e. The summed E-state index contributed by atoms with van der Waals surface area (Å²) in [6.07, 6.45) is -0.562. The monoisotopic (exact) mass is 177 g/mol. The van der Waals surface area contributed by atoms with E-state index in [4.69, 9.17) is 5.11 Å². The first-order chi connectivity index (χ1) is 5.61. The van der Waals surface area contributed by atoms with Crippen LogP contribution in [-0.4, -0.2) is 41.4 Å². The molecule has 0 saturated heterocycles. The van der Waals surface area contributed by atoms with Gasteiger partial charge in [0.1, 0.15) is 13.7 Å². The Morgan fingerprint density at radius 2 is 2.33 bits per heavy atom. The van der Waals surface area contributed by atoms with Crippen LogP contribution >= 0.6 is 0 Å². The van der Waals surface area contributed by atoms with Gasteiger partial charge in [-0.05, 0) is 13.8 Å². The van der Waals surface area contributed by atoms with E-state index in [2.05, 4.69) is 10.1 Å². The molecule has 0 rings (SSSR count). The van der Waals surface area contributed by atoms with Crippen LogP contribution in [0.3, 0.4) is 0 Å². The number of nitrogens with zero attached hydrogens (tertiary/aromatic N) is 3. The Labute approximate surface area is 71.6 Å². The molecule has 1 atom stereocenters. The van der Waals surface area contributed by atoms with Gasteiger partial charge in [-0.15, -0.1) is 5.01 Å². The quantitative estimate of drug-likeness (QED) is 0.368. The van der Waals surface area contributed by atoms with Crippen molar-refractivity contribution in [3.8, 4) is 0 Å². The summed E-state index contributed by atoms with van der Waals surface area (Å²) in [4.78, 5) is 4.61. The van der Waals surface area contributed by atoms with Gasteiger partial charge in [0.15, 0.2) is 0 Å². The van der Waals surface area contributed by atoms with Gasteiger partial charge in [0.2, 0.25) is 5.28 Å². The second-order valence-corrected chi connectivity index (χ2v) is 2.37. The fraction of sp³-hybridized carbons (Fsp3) is 1.00. The Bertz CT molecular complexity index is 149. The van der Waals surface area contributed by atoms with E-state index in [0.717, 1.165) is 0 Å². The van der Waals surface area contributed by atoms with Crippen molar-refractivity contribution < 1.29 is 14.9 Å². The molecule has 12 heavy (non-hydrogen) atoms. The number of aliphatic hydroxyl groups excluding tert-OH is 1. The minimum Gasteiger partial charge on any atom is -0.569 e. The highest BCUT2D eigenvalue weighted by Crippen LogP contribution is 1.93. The van der Waals surface area contributed by atoms with Crippen LogP contribution in [-0.2, 0) is 4.84 Å². The van der Waals surface area contributed by atoms with Crippen LogP contribution in [0.4, 0.5) is 0 Å². The fourth-order valence-electron chi connectivity index (χ4n) is 0.746. The molecule has 0 aromatic rings. The second kappa shape index (κ2) is 5.59. The lowest BCUT2D eigenvalue weighted by molar-refractivity contribution is -0.710. The van der Waals surface area contributed by atoms with Crippen LogP contribution in [0.2, 0.25) is 0 Å². The zero-order valence-electron chi connectivity index (χ0n) is 7.60. The average Bonchev–Trinajstić information content (AvgIpc) is 2.00. The third kappa shape index (κ3) is 3.97. The molecular formula is C6H15N3O3. The van der Waals surface area contributed by atoms with Gasteiger partial charge >= 0.3 is 0 Å². The normalized spacial score (nSPS) is 14.2. The van der Waals surface area contributed by atoms with Gasteiger partial charge in [-0.3, -0.25) is 0 Å². The van der Waals surface area contributed by atoms with Crippen LogP contribution in [0, 0.1) is 5.21 Å². The molecule has 6 nitrogen and oxygen atoms in total. The van der Waals surface area contributed by atoms with Gasteiger partial charge < -0.3 is 15.2 Å². The highest BCUT2D eigenvalue weighted by Gasteiger charge is 2.12. The Kier molecular flexibility index (Phi) is 5.11. The van der Waals surface area contributed by atoms with Crippen molar-refractivity contribution in [2.24, 2.45) is 5.28 Å². The van der Waals surface area contributed by atoms with E-state index in [9.17, 15) is 5.21 Å². The standard InChI is InChI=1S/C6H15N3O3/c1-4-8(5-6(2)10)9(11)7-12-3/h6,10H,4-5H2,1-3H3/b9-7-. The summed E-state index contributed by atoms with van der Waals surface area (Å²) in [7, 11) is 1.29. The second-order valence-electron chi connectivity index (χ2n) is 2.37. The average molecular weight is 177 g/mol. The maximum absolute atomic E-state index is 10.9. The lowest BCUT2D eigenvalue weighted by Crippen LogP contribution is -2.36. The van der Waals surface area contributed by atoms with Crippen LogP contribution in [0.5, 0.6) is 0 Å². The first kappa shape index (κ1) is 11.0. The minimum atomic E-state index is -0.562. The molecule has 0 bridgehead atoms. The molecule has 72 valence electrons. The third-order valence-corrected chi connectivity index (χ3v) is 1.23. The molecule has 0 radical (unpaired) electrons. The van der Waals surface area contributed by atoms with E-state index in [1.54, 1.807) is 13.8 Å². The molecule has 0 heterocycles. The molecule has 0 aromatic carbocycles. The number of rotatable bonds is 5. The highest BCUT2D eigenvalue weighted by atomic mass is 16.7. The summed E-state index contributed by atoms with van der Waals surface area (Å²) >= 11 is 0. The van der Waals surface area contributed by atoms with E-state index in [1.807, 2.05) is 0 Å². The van der Waals surface area contributed by atoms with Crippen LogP contribution in [0.1, 0.15) is 13.8 Å². The van der Waals surface area contributed by atoms with Crippen molar-refractivity contribution in [1.82, 2.24) is 5.01 Å². The fourth-order valence-corrected chi connectivity index (χ4v) is 0.746. The van der Waals surface area contributed by atoms with Crippen molar-refractivity contribution in [3.63, 3.8) is 0 Å². The predicted molar refractivity (Wildman–Crippen MR) is 42.0 cm³/mol. The van der Waals surface area contributed by atoms with E-state index in [1.165, 1.54) is 12.1 Å². The van der Waals surface area contributed by atoms with Crippen molar-refractivity contribution in [2.45, 2.75) is 20.0 Å². The van der Waals surface area contributed by atoms with Crippen LogP contribution in [0.15, 0.2) is 5.28 Å². The largest absolute Gasteiger partial charge is 0.569 e. The zero-order valence-corrected chi connectivity index (χ0v) is 7.60. The Morgan fingerprint density at radius 1 is 1.75 bits per heavy atom. The molecule has 0 aliphatic carbocycles. The van der Waals surface area contributed by atoms with Crippen LogP contribution < -0.4 is 0 Å². The topological polar surface area (TPSA) is 71.1 Å². The Hall–Kier alpha value is -1.04. The molecule has 1 unspecified atom stereocenters. The molecule has 0 spiro atoms. The van der Waals surface area contributed by atoms with Crippen molar-refractivity contribution in [1.29, 1.82) is 0 Å². The summed E-state index contributed by atoms with van der Waals surface area (Å²) in [6.45, 7) is 4.11. The number of aliphatic hydroxyl groups is 1. The van der Waals surface area contributed by atoms with Gasteiger partial charge in [0.25, 0.3) is 0 Å². The molecule has 0 amide bonds. The first-order valence-electron chi connectivity index (χ1n) is 3.76. The predicted octanol–water partition coefficient (Wildman–Crippen LogP) is 0.128. The lowest BCUT2D eigenvalue weighted by Gasteiger charge is -2.16. The number of hydrogen-bond donors (Lipinski definition) is 1. The molecule has 0 aliphatic heterocycles. The third-order valence-electron chi connectivity index (χ3n) is 1.23. The van der Waals surface area contributed by atoms with Crippen molar-refractivity contribution in [3.05, 3.63) is 5.21 Å². The SMILES string of the molecule is CCN(CC(C)O)/[N+]([O-])=N/OC. The number of hydrogen-bond acceptors (Lipinski definition) is 4. The summed E-state index contributed by atoms with van der Waals surface area (Å²) in [6, 6.07) is 0. The Morgan fingerprint density at radius 3 is 2.67 bits per heavy atom. The zero-order chi connectivity index (χ0) is 9.56. The first-order valence-corrected chi connectivity index (χ1v) is 3.76. The molecule has 0 fully saturated rings. The summed E-state index contributed by atoms with van der Waals surface area (Å²) in [5.41, 5.74) is 0. The molecule has 0 aromatic heterocycles. The van der Waals surface area contributed by atoms with Gasteiger partial charge in [-0.25, -0.2) is 0 Å². The van der Waals surface area contributed by atoms with Gasteiger partial charge in [-0.2, -0.15) is 0 Å². The number of likely N-dealkylation sites (N-methyl/N-ethyl adjacent to an activating group) is 1. The van der Waals surface area contributed by atoms with Crippen molar-refractivity contribution in [2.75, 3.05) is 20.2 Å². The van der Waals surface area contributed by atoms with E-state index in [-0.39, 0.29) is 6.54 Å². The van der Waals surface area contributed by atoms with Crippen LogP contribution in [0.25, 0.3) is 0 Å². The summed E-state index contributed by atoms with van der Waals surface area (Å²) < 4.78 is 0. The maximum atomic E-state index is 10.9. The highest BCUT2D eigenvalue weighted by molar-refractivity contribution is 4.48. The molecule has 6 heteroatoms. The molecule has 0 aliphatic rings. The van der Waals surface area contributed by atoms with Gasteiger partial charge in [0, 0.05) is 0 Å². The molecule has 1 N–H and O–H groups in total. The van der Waals surface area contributed by atoms with E-state index in [0.29, 0.717) is 11.5 Å². The maximum Gasteiger partial charge on any atom is 0.232 e. The van der Waals surface area contributed by atoms with E-state index >= 15 is 0 Å². The Balaban J connectivity index is 4.05. The lowest BCUT2D eigenvalue weighted by atomic mass is 10.4.